The molecule has 0 aromatic heterocycles. The standard InChI is InChI=1S/C25H26O4/c1-25(2,3)20-11-15-23(16-12-20)29-24(26)19-9-13-22(14-10-19)28-18-17-27-21-7-5-4-6-8-21/h4-16H,17-18H2,1-3H3. The van der Waals surface area contributed by atoms with Crippen molar-refractivity contribution in [3.63, 3.8) is 0 Å². The van der Waals surface area contributed by atoms with Crippen LogP contribution in [0.25, 0.3) is 0 Å². The van der Waals surface area contributed by atoms with Gasteiger partial charge in [-0.05, 0) is 59.5 Å². The molecule has 0 amide bonds. The Hall–Kier alpha value is -3.27. The van der Waals surface area contributed by atoms with E-state index in [-0.39, 0.29) is 5.41 Å². The van der Waals surface area contributed by atoms with Crippen molar-refractivity contribution in [2.45, 2.75) is 26.2 Å². The van der Waals surface area contributed by atoms with E-state index in [1.807, 2.05) is 54.6 Å². The van der Waals surface area contributed by atoms with Crippen LogP contribution in [0.4, 0.5) is 0 Å². The average molecular weight is 390 g/mol. The molecule has 0 aliphatic carbocycles. The van der Waals surface area contributed by atoms with Crippen LogP contribution in [0.3, 0.4) is 0 Å². The maximum absolute atomic E-state index is 12.3. The summed E-state index contributed by atoms with van der Waals surface area (Å²) in [5.74, 6) is 1.62. The third kappa shape index (κ3) is 6.11. The summed E-state index contributed by atoms with van der Waals surface area (Å²) in [4.78, 5) is 12.3. The number of carbonyl (C=O) groups excluding carboxylic acids is 1. The van der Waals surface area contributed by atoms with Crippen molar-refractivity contribution in [1.29, 1.82) is 0 Å². The summed E-state index contributed by atoms with van der Waals surface area (Å²) in [7, 11) is 0. The zero-order valence-electron chi connectivity index (χ0n) is 17.1. The zero-order valence-corrected chi connectivity index (χ0v) is 17.1. The number of hydrogen-bond donors (Lipinski definition) is 0. The Morgan fingerprint density at radius 3 is 1.76 bits per heavy atom. The van der Waals surface area contributed by atoms with E-state index in [0.717, 1.165) is 5.75 Å². The second-order valence-electron chi connectivity index (χ2n) is 7.70. The van der Waals surface area contributed by atoms with Gasteiger partial charge >= 0.3 is 5.97 Å². The quantitative estimate of drug-likeness (QED) is 0.297. The number of para-hydroxylation sites is 1. The molecule has 3 rings (SSSR count). The predicted octanol–water partition coefficient (Wildman–Crippen LogP) is 5.66. The number of benzene rings is 3. The average Bonchev–Trinajstić information content (AvgIpc) is 2.72. The van der Waals surface area contributed by atoms with Gasteiger partial charge in [0.1, 0.15) is 30.5 Å². The monoisotopic (exact) mass is 390 g/mol. The van der Waals surface area contributed by atoms with Gasteiger partial charge in [0, 0.05) is 0 Å². The molecule has 0 spiro atoms. The minimum atomic E-state index is -0.396. The lowest BCUT2D eigenvalue weighted by molar-refractivity contribution is 0.0734. The number of hydrogen-bond acceptors (Lipinski definition) is 4. The topological polar surface area (TPSA) is 44.8 Å². The highest BCUT2D eigenvalue weighted by molar-refractivity contribution is 5.91. The van der Waals surface area contributed by atoms with Crippen LogP contribution < -0.4 is 14.2 Å². The molecular formula is C25H26O4. The first-order chi connectivity index (χ1) is 13.9. The summed E-state index contributed by atoms with van der Waals surface area (Å²) in [6.07, 6.45) is 0. The molecule has 0 atom stereocenters. The van der Waals surface area contributed by atoms with E-state index in [1.54, 1.807) is 24.3 Å². The van der Waals surface area contributed by atoms with Crippen molar-refractivity contribution in [2.24, 2.45) is 0 Å². The predicted molar refractivity (Wildman–Crippen MR) is 114 cm³/mol. The molecule has 0 unspecified atom stereocenters. The first kappa shape index (κ1) is 20.5. The van der Waals surface area contributed by atoms with E-state index in [1.165, 1.54) is 5.56 Å². The molecule has 0 bridgehead atoms. The van der Waals surface area contributed by atoms with Gasteiger partial charge in [0.25, 0.3) is 0 Å². The van der Waals surface area contributed by atoms with Crippen LogP contribution in [0.2, 0.25) is 0 Å². The summed E-state index contributed by atoms with van der Waals surface area (Å²) in [6.45, 7) is 7.29. The van der Waals surface area contributed by atoms with Crippen LogP contribution in [-0.2, 0) is 5.41 Å². The van der Waals surface area contributed by atoms with E-state index < -0.39 is 5.97 Å². The smallest absolute Gasteiger partial charge is 0.343 e. The molecule has 0 radical (unpaired) electrons. The largest absolute Gasteiger partial charge is 0.490 e. The third-order valence-electron chi connectivity index (χ3n) is 4.38. The summed E-state index contributed by atoms with van der Waals surface area (Å²) in [5.41, 5.74) is 1.72. The Morgan fingerprint density at radius 1 is 0.690 bits per heavy atom. The molecule has 150 valence electrons. The zero-order chi connectivity index (χ0) is 20.7. The van der Waals surface area contributed by atoms with Gasteiger partial charge in [-0.15, -0.1) is 0 Å². The highest BCUT2D eigenvalue weighted by Gasteiger charge is 2.14. The Balaban J connectivity index is 1.48. The Kier molecular flexibility index (Phi) is 6.55. The maximum Gasteiger partial charge on any atom is 0.343 e. The minimum Gasteiger partial charge on any atom is -0.490 e. The van der Waals surface area contributed by atoms with Crippen molar-refractivity contribution in [3.8, 4) is 17.2 Å². The van der Waals surface area contributed by atoms with Crippen LogP contribution in [0.1, 0.15) is 36.7 Å². The summed E-state index contributed by atoms with van der Waals surface area (Å²) in [5, 5.41) is 0. The summed E-state index contributed by atoms with van der Waals surface area (Å²) in [6, 6.07) is 24.1. The van der Waals surface area contributed by atoms with Crippen LogP contribution >= 0.6 is 0 Å². The van der Waals surface area contributed by atoms with Gasteiger partial charge in [0.15, 0.2) is 0 Å². The Labute approximate surface area is 172 Å². The number of rotatable bonds is 7. The van der Waals surface area contributed by atoms with Gasteiger partial charge in [0.2, 0.25) is 0 Å². The molecule has 0 aliphatic heterocycles. The van der Waals surface area contributed by atoms with Crippen molar-refractivity contribution in [1.82, 2.24) is 0 Å². The second-order valence-corrected chi connectivity index (χ2v) is 7.70. The normalized spacial score (nSPS) is 11.0. The molecule has 0 saturated carbocycles. The first-order valence-corrected chi connectivity index (χ1v) is 9.65. The minimum absolute atomic E-state index is 0.0600. The van der Waals surface area contributed by atoms with Gasteiger partial charge in [-0.3, -0.25) is 0 Å². The number of ether oxygens (including phenoxy) is 3. The molecule has 0 heterocycles. The lowest BCUT2D eigenvalue weighted by atomic mass is 9.87. The van der Waals surface area contributed by atoms with Crippen LogP contribution in [0.15, 0.2) is 78.9 Å². The third-order valence-corrected chi connectivity index (χ3v) is 4.38. The summed E-state index contributed by atoms with van der Waals surface area (Å²) < 4.78 is 16.7. The fourth-order valence-electron chi connectivity index (χ4n) is 2.71. The SMILES string of the molecule is CC(C)(C)c1ccc(OC(=O)c2ccc(OCCOc3ccccc3)cc2)cc1. The lowest BCUT2D eigenvalue weighted by Crippen LogP contribution is -2.12. The molecule has 0 N–H and O–H groups in total. The lowest BCUT2D eigenvalue weighted by Gasteiger charge is -2.19. The number of esters is 1. The van der Waals surface area contributed by atoms with Crippen LogP contribution in [0.5, 0.6) is 17.2 Å². The van der Waals surface area contributed by atoms with Crippen LogP contribution in [0, 0.1) is 0 Å². The van der Waals surface area contributed by atoms with Gasteiger partial charge in [-0.1, -0.05) is 51.1 Å². The highest BCUT2D eigenvalue weighted by Crippen LogP contribution is 2.24. The maximum atomic E-state index is 12.3. The van der Waals surface area contributed by atoms with E-state index in [9.17, 15) is 4.79 Å². The second kappa shape index (κ2) is 9.28. The molecule has 4 heteroatoms. The summed E-state index contributed by atoms with van der Waals surface area (Å²) >= 11 is 0. The van der Waals surface area contributed by atoms with E-state index in [4.69, 9.17) is 14.2 Å². The van der Waals surface area contributed by atoms with E-state index in [0.29, 0.717) is 30.3 Å². The van der Waals surface area contributed by atoms with Gasteiger partial charge in [-0.2, -0.15) is 0 Å². The van der Waals surface area contributed by atoms with Gasteiger partial charge in [0.05, 0.1) is 5.56 Å². The van der Waals surface area contributed by atoms with E-state index in [2.05, 4.69) is 20.8 Å². The molecule has 0 saturated heterocycles. The number of carbonyl (C=O) groups is 1. The van der Waals surface area contributed by atoms with Crippen molar-refractivity contribution < 1.29 is 19.0 Å². The van der Waals surface area contributed by atoms with Crippen LogP contribution in [-0.4, -0.2) is 19.2 Å². The molecule has 3 aromatic rings. The van der Waals surface area contributed by atoms with Gasteiger partial charge in [-0.25, -0.2) is 4.79 Å². The molecule has 0 aliphatic rings. The van der Waals surface area contributed by atoms with Crippen molar-refractivity contribution in [2.75, 3.05) is 13.2 Å². The molecular weight excluding hydrogens is 364 g/mol. The Bertz CT molecular complexity index is 908. The highest BCUT2D eigenvalue weighted by atomic mass is 16.5. The molecule has 0 fully saturated rings. The molecule has 4 nitrogen and oxygen atoms in total. The molecule has 3 aromatic carbocycles. The fraction of sp³-hybridized carbons (Fsp3) is 0.240. The Morgan fingerprint density at radius 2 is 1.21 bits per heavy atom. The molecule has 29 heavy (non-hydrogen) atoms. The fourth-order valence-corrected chi connectivity index (χ4v) is 2.71. The van der Waals surface area contributed by atoms with Gasteiger partial charge < -0.3 is 14.2 Å². The van der Waals surface area contributed by atoms with Crippen molar-refractivity contribution in [3.05, 3.63) is 90.0 Å². The van der Waals surface area contributed by atoms with Crippen molar-refractivity contribution >= 4 is 5.97 Å². The first-order valence-electron chi connectivity index (χ1n) is 9.65. The van der Waals surface area contributed by atoms with E-state index >= 15 is 0 Å².